The minimum Gasteiger partial charge on any atom is -0.497 e. The monoisotopic (exact) mass is 335 g/mol. The van der Waals surface area contributed by atoms with Crippen LogP contribution in [0.1, 0.15) is 0 Å². The third-order valence-corrected chi connectivity index (χ3v) is 3.73. The highest BCUT2D eigenvalue weighted by molar-refractivity contribution is 7.99. The fourth-order valence-corrected chi connectivity index (χ4v) is 2.43. The molecule has 0 aliphatic heterocycles. The zero-order valence-corrected chi connectivity index (χ0v) is 13.7. The van der Waals surface area contributed by atoms with Crippen molar-refractivity contribution in [1.29, 1.82) is 0 Å². The zero-order valence-electron chi connectivity index (χ0n) is 12.9. The van der Waals surface area contributed by atoms with Gasteiger partial charge in [0.25, 0.3) is 0 Å². The van der Waals surface area contributed by atoms with E-state index >= 15 is 0 Å². The Morgan fingerprint density at radius 2 is 2.04 bits per heavy atom. The van der Waals surface area contributed by atoms with Crippen molar-refractivity contribution in [1.82, 2.24) is 20.2 Å². The van der Waals surface area contributed by atoms with Gasteiger partial charge >= 0.3 is 0 Å². The number of anilines is 1. The van der Waals surface area contributed by atoms with Gasteiger partial charge < -0.3 is 14.8 Å². The molecular weight excluding hydrogens is 318 g/mol. The molecule has 1 N–H and O–H groups in total. The van der Waals surface area contributed by atoms with Crippen molar-refractivity contribution in [2.45, 2.75) is 11.7 Å². The maximum absolute atomic E-state index is 12.1. The van der Waals surface area contributed by atoms with Crippen LogP contribution in [0.15, 0.2) is 36.0 Å². The molecule has 0 saturated heterocycles. The lowest BCUT2D eigenvalue weighted by Gasteiger charge is -2.09. The molecule has 2 rings (SSSR count). The number of hydrogen-bond acceptors (Lipinski definition) is 7. The second-order valence-electron chi connectivity index (χ2n) is 4.37. The van der Waals surface area contributed by atoms with Gasteiger partial charge in [0.15, 0.2) is 0 Å². The fraction of sp³-hybridized carbons (Fsp3) is 0.286. The van der Waals surface area contributed by atoms with Crippen LogP contribution in [0.2, 0.25) is 0 Å². The summed E-state index contributed by atoms with van der Waals surface area (Å²) in [7, 11) is 3.10. The van der Waals surface area contributed by atoms with Crippen LogP contribution in [-0.4, -0.2) is 46.1 Å². The van der Waals surface area contributed by atoms with Crippen LogP contribution >= 0.6 is 11.8 Å². The first-order chi connectivity index (χ1) is 11.2. The van der Waals surface area contributed by atoms with Crippen molar-refractivity contribution >= 4 is 23.4 Å². The van der Waals surface area contributed by atoms with Crippen molar-refractivity contribution in [2.24, 2.45) is 0 Å². The molecule has 0 unspecified atom stereocenters. The van der Waals surface area contributed by atoms with Crippen molar-refractivity contribution in [2.75, 3.05) is 25.3 Å². The fourth-order valence-electron chi connectivity index (χ4n) is 1.74. The van der Waals surface area contributed by atoms with E-state index in [1.165, 1.54) is 11.8 Å². The van der Waals surface area contributed by atoms with E-state index in [9.17, 15) is 4.79 Å². The lowest BCUT2D eigenvalue weighted by atomic mass is 10.2. The van der Waals surface area contributed by atoms with Crippen molar-refractivity contribution in [3.8, 4) is 11.5 Å². The molecule has 0 bridgehead atoms. The first-order valence-electron chi connectivity index (χ1n) is 6.69. The number of aromatic nitrogens is 4. The minimum absolute atomic E-state index is 0.178. The Labute approximate surface area is 137 Å². The van der Waals surface area contributed by atoms with Crippen LogP contribution in [0, 0.1) is 0 Å². The van der Waals surface area contributed by atoms with E-state index in [-0.39, 0.29) is 11.7 Å². The van der Waals surface area contributed by atoms with Gasteiger partial charge in [0.1, 0.15) is 11.5 Å². The van der Waals surface area contributed by atoms with Crippen LogP contribution < -0.4 is 14.8 Å². The molecule has 0 atom stereocenters. The number of rotatable bonds is 8. The molecule has 0 spiro atoms. The van der Waals surface area contributed by atoms with Crippen LogP contribution in [-0.2, 0) is 11.3 Å². The highest BCUT2D eigenvalue weighted by Crippen LogP contribution is 2.26. The topological polar surface area (TPSA) is 91.2 Å². The average molecular weight is 335 g/mol. The Kier molecular flexibility index (Phi) is 5.98. The molecule has 1 amide bonds. The summed E-state index contributed by atoms with van der Waals surface area (Å²) in [5, 5.41) is 14.6. The van der Waals surface area contributed by atoms with Gasteiger partial charge in [-0.1, -0.05) is 17.8 Å². The van der Waals surface area contributed by atoms with Gasteiger partial charge in [-0.25, -0.2) is 4.68 Å². The number of hydrogen-bond donors (Lipinski definition) is 1. The Morgan fingerprint density at radius 3 is 2.65 bits per heavy atom. The lowest BCUT2D eigenvalue weighted by Crippen LogP contribution is -2.15. The van der Waals surface area contributed by atoms with Crippen LogP contribution in [0.3, 0.4) is 0 Å². The van der Waals surface area contributed by atoms with Gasteiger partial charge in [0.2, 0.25) is 11.1 Å². The molecule has 8 nitrogen and oxygen atoms in total. The van der Waals surface area contributed by atoms with E-state index in [0.29, 0.717) is 28.9 Å². The number of carbonyl (C=O) groups excluding carboxylic acids is 1. The van der Waals surface area contributed by atoms with E-state index in [0.717, 1.165) is 0 Å². The number of ether oxygens (including phenoxy) is 2. The SMILES string of the molecule is C=CCn1nnnc1SCC(=O)Nc1cc(OC)cc(OC)c1. The lowest BCUT2D eigenvalue weighted by molar-refractivity contribution is -0.113. The standard InChI is InChI=1S/C14H17N5O3S/c1-4-5-19-14(16-17-18-19)23-9-13(20)15-10-6-11(21-2)8-12(7-10)22-3/h4,6-8H,1,5,9H2,2-3H3,(H,15,20). The third-order valence-electron chi connectivity index (χ3n) is 2.77. The van der Waals surface area contributed by atoms with Crippen LogP contribution in [0.5, 0.6) is 11.5 Å². The van der Waals surface area contributed by atoms with Gasteiger partial charge in [-0.05, 0) is 10.4 Å². The summed E-state index contributed by atoms with van der Waals surface area (Å²) in [6.07, 6.45) is 1.68. The van der Waals surface area contributed by atoms with Gasteiger partial charge in [0.05, 0.1) is 26.5 Å². The quantitative estimate of drug-likeness (QED) is 0.579. The van der Waals surface area contributed by atoms with Gasteiger partial charge in [0, 0.05) is 23.9 Å². The molecule has 122 valence electrons. The molecule has 1 aromatic carbocycles. The van der Waals surface area contributed by atoms with Crippen LogP contribution in [0.4, 0.5) is 5.69 Å². The Morgan fingerprint density at radius 1 is 1.35 bits per heavy atom. The molecule has 2 aromatic rings. The largest absolute Gasteiger partial charge is 0.497 e. The normalized spacial score (nSPS) is 10.2. The van der Waals surface area contributed by atoms with E-state index < -0.39 is 0 Å². The number of allylic oxidation sites excluding steroid dienone is 1. The predicted octanol–water partition coefficient (Wildman–Crippen LogP) is 1.61. The number of thioether (sulfide) groups is 1. The molecule has 1 aromatic heterocycles. The van der Waals surface area contributed by atoms with Gasteiger partial charge in [-0.15, -0.1) is 11.7 Å². The molecule has 0 fully saturated rings. The molecule has 1 heterocycles. The number of carbonyl (C=O) groups is 1. The van der Waals surface area contributed by atoms with E-state index in [1.807, 2.05) is 0 Å². The maximum atomic E-state index is 12.1. The Bertz CT molecular complexity index is 667. The third kappa shape index (κ3) is 4.71. The molecule has 0 radical (unpaired) electrons. The van der Waals surface area contributed by atoms with E-state index in [1.54, 1.807) is 43.2 Å². The van der Waals surface area contributed by atoms with Crippen molar-refractivity contribution in [3.63, 3.8) is 0 Å². The summed E-state index contributed by atoms with van der Waals surface area (Å²) in [4.78, 5) is 12.1. The second kappa shape index (κ2) is 8.18. The summed E-state index contributed by atoms with van der Waals surface area (Å²) in [6.45, 7) is 4.12. The number of methoxy groups -OCH3 is 2. The van der Waals surface area contributed by atoms with Gasteiger partial charge in [-0.2, -0.15) is 0 Å². The number of amides is 1. The summed E-state index contributed by atoms with van der Waals surface area (Å²) >= 11 is 1.25. The number of benzene rings is 1. The average Bonchev–Trinajstić information content (AvgIpc) is 3.00. The number of tetrazole rings is 1. The first kappa shape index (κ1) is 16.8. The first-order valence-corrected chi connectivity index (χ1v) is 7.67. The maximum Gasteiger partial charge on any atom is 0.234 e. The van der Waals surface area contributed by atoms with E-state index in [2.05, 4.69) is 27.4 Å². The minimum atomic E-state index is -0.182. The summed E-state index contributed by atoms with van der Waals surface area (Å²) in [6, 6.07) is 5.16. The molecule has 9 heteroatoms. The number of nitrogens with one attached hydrogen (secondary N) is 1. The molecule has 0 saturated carbocycles. The molecular formula is C14H17N5O3S. The molecule has 23 heavy (non-hydrogen) atoms. The predicted molar refractivity (Wildman–Crippen MR) is 86.9 cm³/mol. The Hall–Kier alpha value is -2.55. The highest BCUT2D eigenvalue weighted by Gasteiger charge is 2.10. The van der Waals surface area contributed by atoms with Crippen molar-refractivity contribution < 1.29 is 14.3 Å². The zero-order chi connectivity index (χ0) is 16.7. The number of nitrogens with zero attached hydrogens (tertiary/aromatic N) is 4. The molecule has 0 aliphatic rings. The Balaban J connectivity index is 1.96. The summed E-state index contributed by atoms with van der Waals surface area (Å²) < 4.78 is 11.9. The van der Waals surface area contributed by atoms with E-state index in [4.69, 9.17) is 9.47 Å². The second-order valence-corrected chi connectivity index (χ2v) is 5.31. The van der Waals surface area contributed by atoms with Crippen LogP contribution in [0.25, 0.3) is 0 Å². The molecule has 0 aliphatic carbocycles. The summed E-state index contributed by atoms with van der Waals surface area (Å²) in [5.74, 6) is 1.19. The van der Waals surface area contributed by atoms with Crippen molar-refractivity contribution in [3.05, 3.63) is 30.9 Å². The highest BCUT2D eigenvalue weighted by atomic mass is 32.2. The smallest absolute Gasteiger partial charge is 0.234 e. The summed E-state index contributed by atoms with van der Waals surface area (Å²) in [5.41, 5.74) is 0.595. The van der Waals surface area contributed by atoms with Gasteiger partial charge in [-0.3, -0.25) is 4.79 Å².